The van der Waals surface area contributed by atoms with Gasteiger partial charge in [-0.25, -0.2) is 9.59 Å². The summed E-state index contributed by atoms with van der Waals surface area (Å²) < 4.78 is 7.28. The Labute approximate surface area is 164 Å². The van der Waals surface area contributed by atoms with Gasteiger partial charge in [0.05, 0.1) is 5.56 Å². The number of ether oxygens (including phenoxy) is 1. The van der Waals surface area contributed by atoms with Crippen molar-refractivity contribution in [3.63, 3.8) is 0 Å². The van der Waals surface area contributed by atoms with Gasteiger partial charge in [0.2, 0.25) is 5.78 Å². The number of aryl methyl sites for hydroxylation is 1. The lowest BCUT2D eigenvalue weighted by Crippen LogP contribution is -2.19. The number of amides is 2. The van der Waals surface area contributed by atoms with E-state index in [2.05, 4.69) is 23.7 Å². The van der Waals surface area contributed by atoms with Gasteiger partial charge in [0.15, 0.2) is 6.61 Å². The van der Waals surface area contributed by atoms with E-state index in [1.54, 1.807) is 0 Å². The molecule has 0 saturated heterocycles. The van der Waals surface area contributed by atoms with Crippen LogP contribution in [-0.4, -0.2) is 29.0 Å². The summed E-state index contributed by atoms with van der Waals surface area (Å²) in [6, 6.07) is 7.21. The van der Waals surface area contributed by atoms with E-state index in [9.17, 15) is 14.4 Å². The van der Waals surface area contributed by atoms with Crippen molar-refractivity contribution in [2.45, 2.75) is 40.7 Å². The molecular weight excluding hydrogens is 358 g/mol. The molecule has 2 amide bonds. The normalized spacial score (nSPS) is 10.8. The summed E-state index contributed by atoms with van der Waals surface area (Å²) in [7, 11) is 0. The molecule has 0 fully saturated rings. The van der Waals surface area contributed by atoms with Gasteiger partial charge in [-0.3, -0.25) is 4.79 Å². The van der Waals surface area contributed by atoms with E-state index in [-0.39, 0.29) is 18.0 Å². The Morgan fingerprint density at radius 2 is 1.79 bits per heavy atom. The highest BCUT2D eigenvalue weighted by Crippen LogP contribution is 2.18. The summed E-state index contributed by atoms with van der Waals surface area (Å²) in [5.74, 6) is -0.261. The van der Waals surface area contributed by atoms with Crippen LogP contribution in [0.3, 0.4) is 0 Å². The average molecular weight is 385 g/mol. The summed E-state index contributed by atoms with van der Waals surface area (Å²) in [6.07, 6.45) is 1.03. The Hall–Kier alpha value is -3.09. The Morgan fingerprint density at radius 1 is 1.14 bits per heavy atom. The number of carbonyl (C=O) groups excluding carboxylic acids is 3. The smallest absolute Gasteiger partial charge is 0.338 e. The van der Waals surface area contributed by atoms with Crippen LogP contribution in [0.25, 0.3) is 0 Å². The van der Waals surface area contributed by atoms with Crippen LogP contribution in [0, 0.1) is 19.8 Å². The van der Waals surface area contributed by atoms with Gasteiger partial charge >= 0.3 is 12.0 Å². The third-order valence-corrected chi connectivity index (χ3v) is 4.53. The standard InChI is InChI=1S/C21H27N3O4/c1-13(2)9-10-24-14(3)11-18(15(24)4)19(25)12-28-20(26)16-5-7-17(8-6-16)23-21(22)27/h5-8,11,13H,9-10,12H2,1-4H3,(H3,22,23,27). The van der Waals surface area contributed by atoms with Crippen LogP contribution in [0.15, 0.2) is 30.3 Å². The van der Waals surface area contributed by atoms with Crippen molar-refractivity contribution >= 4 is 23.5 Å². The monoisotopic (exact) mass is 385 g/mol. The molecule has 2 aromatic rings. The van der Waals surface area contributed by atoms with Gasteiger partial charge in [0, 0.05) is 29.2 Å². The number of urea groups is 1. The van der Waals surface area contributed by atoms with E-state index in [0.29, 0.717) is 17.2 Å². The number of aromatic nitrogens is 1. The maximum atomic E-state index is 12.5. The molecule has 7 nitrogen and oxygen atoms in total. The zero-order valence-corrected chi connectivity index (χ0v) is 16.7. The highest BCUT2D eigenvalue weighted by molar-refractivity contribution is 6.00. The number of rotatable bonds is 8. The largest absolute Gasteiger partial charge is 0.454 e. The van der Waals surface area contributed by atoms with E-state index in [0.717, 1.165) is 24.4 Å². The first-order valence-corrected chi connectivity index (χ1v) is 9.22. The topological polar surface area (TPSA) is 103 Å². The fourth-order valence-electron chi connectivity index (χ4n) is 2.94. The Balaban J connectivity index is 1.99. The molecule has 0 atom stereocenters. The molecule has 0 aliphatic carbocycles. The summed E-state index contributed by atoms with van der Waals surface area (Å²) in [5, 5.41) is 2.40. The number of esters is 1. The number of benzene rings is 1. The zero-order chi connectivity index (χ0) is 20.8. The Kier molecular flexibility index (Phi) is 6.98. The number of nitrogens with zero attached hydrogens (tertiary/aromatic N) is 1. The molecule has 0 saturated carbocycles. The molecule has 150 valence electrons. The number of hydrogen-bond donors (Lipinski definition) is 2. The third-order valence-electron chi connectivity index (χ3n) is 4.53. The second-order valence-electron chi connectivity index (χ2n) is 7.18. The maximum absolute atomic E-state index is 12.5. The number of primary amides is 1. The van der Waals surface area contributed by atoms with Crippen molar-refractivity contribution in [1.29, 1.82) is 0 Å². The Morgan fingerprint density at radius 3 is 2.36 bits per heavy atom. The molecule has 0 bridgehead atoms. The lowest BCUT2D eigenvalue weighted by atomic mass is 10.1. The molecule has 0 radical (unpaired) electrons. The highest BCUT2D eigenvalue weighted by atomic mass is 16.5. The first kappa shape index (κ1) is 21.2. The molecule has 2 rings (SSSR count). The molecule has 0 spiro atoms. The number of nitrogens with one attached hydrogen (secondary N) is 1. The number of nitrogens with two attached hydrogens (primary N) is 1. The maximum Gasteiger partial charge on any atom is 0.338 e. The fraction of sp³-hybridized carbons (Fsp3) is 0.381. The van der Waals surface area contributed by atoms with E-state index in [1.807, 2.05) is 19.9 Å². The first-order chi connectivity index (χ1) is 13.2. The minimum Gasteiger partial charge on any atom is -0.454 e. The first-order valence-electron chi connectivity index (χ1n) is 9.22. The molecule has 3 N–H and O–H groups in total. The van der Waals surface area contributed by atoms with Gasteiger partial charge < -0.3 is 20.4 Å². The molecule has 0 unspecified atom stereocenters. The lowest BCUT2D eigenvalue weighted by Gasteiger charge is -2.11. The summed E-state index contributed by atoms with van der Waals surface area (Å²) in [4.78, 5) is 35.5. The van der Waals surface area contributed by atoms with Gasteiger partial charge in [0.25, 0.3) is 0 Å². The quantitative estimate of drug-likeness (QED) is 0.534. The zero-order valence-electron chi connectivity index (χ0n) is 16.7. The summed E-state index contributed by atoms with van der Waals surface area (Å²) in [5.41, 5.74) is 8.27. The number of anilines is 1. The molecule has 0 aliphatic heterocycles. The molecule has 1 aromatic carbocycles. The van der Waals surface area contributed by atoms with Gasteiger partial charge in [-0.15, -0.1) is 0 Å². The van der Waals surface area contributed by atoms with Crippen molar-refractivity contribution in [2.75, 3.05) is 11.9 Å². The molecule has 7 heteroatoms. The van der Waals surface area contributed by atoms with Crippen LogP contribution >= 0.6 is 0 Å². The predicted octanol–water partition coefficient (Wildman–Crippen LogP) is 3.68. The minimum atomic E-state index is -0.688. The molecule has 28 heavy (non-hydrogen) atoms. The van der Waals surface area contributed by atoms with Gasteiger partial charge in [0.1, 0.15) is 0 Å². The SMILES string of the molecule is Cc1cc(C(=O)COC(=O)c2ccc(NC(N)=O)cc2)c(C)n1CCC(C)C. The van der Waals surface area contributed by atoms with E-state index in [1.165, 1.54) is 24.3 Å². The summed E-state index contributed by atoms with van der Waals surface area (Å²) >= 11 is 0. The Bertz CT molecular complexity index is 867. The fourth-order valence-corrected chi connectivity index (χ4v) is 2.94. The van der Waals surface area contributed by atoms with E-state index >= 15 is 0 Å². The van der Waals surface area contributed by atoms with Crippen molar-refractivity contribution in [3.8, 4) is 0 Å². The van der Waals surface area contributed by atoms with Crippen LogP contribution in [-0.2, 0) is 11.3 Å². The summed E-state index contributed by atoms with van der Waals surface area (Å²) in [6.45, 7) is 8.74. The number of hydrogen-bond acceptors (Lipinski definition) is 4. The van der Waals surface area contributed by atoms with E-state index < -0.39 is 12.0 Å². The van der Waals surface area contributed by atoms with Crippen molar-refractivity contribution < 1.29 is 19.1 Å². The van der Waals surface area contributed by atoms with Crippen LogP contribution in [0.5, 0.6) is 0 Å². The third kappa shape index (κ3) is 5.45. The lowest BCUT2D eigenvalue weighted by molar-refractivity contribution is 0.0474. The second-order valence-corrected chi connectivity index (χ2v) is 7.18. The van der Waals surface area contributed by atoms with Crippen LogP contribution in [0.1, 0.15) is 52.4 Å². The number of carbonyl (C=O) groups is 3. The minimum absolute atomic E-state index is 0.232. The second kappa shape index (κ2) is 9.21. The highest BCUT2D eigenvalue weighted by Gasteiger charge is 2.18. The average Bonchev–Trinajstić information content (AvgIpc) is 2.91. The van der Waals surface area contributed by atoms with E-state index in [4.69, 9.17) is 10.5 Å². The van der Waals surface area contributed by atoms with Gasteiger partial charge in [-0.1, -0.05) is 13.8 Å². The van der Waals surface area contributed by atoms with Crippen LogP contribution < -0.4 is 11.1 Å². The molecular formula is C21H27N3O4. The van der Waals surface area contributed by atoms with Crippen molar-refractivity contribution in [1.82, 2.24) is 4.57 Å². The van der Waals surface area contributed by atoms with Crippen LogP contribution in [0.2, 0.25) is 0 Å². The van der Waals surface area contributed by atoms with Crippen molar-refractivity contribution in [3.05, 3.63) is 52.8 Å². The predicted molar refractivity (Wildman–Crippen MR) is 108 cm³/mol. The molecule has 0 aliphatic rings. The van der Waals surface area contributed by atoms with Crippen molar-refractivity contribution in [2.24, 2.45) is 11.7 Å². The molecule has 1 heterocycles. The number of Topliss-reactive ketones (excluding diaryl/α,β-unsaturated/α-hetero) is 1. The number of ketones is 1. The van der Waals surface area contributed by atoms with Gasteiger partial charge in [-0.05, 0) is 56.5 Å². The van der Waals surface area contributed by atoms with Gasteiger partial charge in [-0.2, -0.15) is 0 Å². The van der Waals surface area contributed by atoms with Crippen LogP contribution in [0.4, 0.5) is 10.5 Å². The molecule has 1 aromatic heterocycles.